The molecule has 1 aromatic heterocycles. The van der Waals surface area contributed by atoms with Crippen LogP contribution in [0.4, 0.5) is 0 Å². The van der Waals surface area contributed by atoms with Gasteiger partial charge in [0.25, 0.3) is 0 Å². The van der Waals surface area contributed by atoms with Gasteiger partial charge in [0.05, 0.1) is 4.90 Å². The zero-order valence-corrected chi connectivity index (χ0v) is 17.2. The summed E-state index contributed by atoms with van der Waals surface area (Å²) >= 11 is 0. The number of nitrogens with zero attached hydrogens (tertiary/aromatic N) is 3. The highest BCUT2D eigenvalue weighted by Crippen LogP contribution is 2.15. The van der Waals surface area contributed by atoms with Gasteiger partial charge < -0.3 is 10.6 Å². The summed E-state index contributed by atoms with van der Waals surface area (Å²) in [7, 11) is -1.44. The molecule has 0 radical (unpaired) electrons. The number of benzene rings is 2. The molecule has 9 heteroatoms. The van der Waals surface area contributed by atoms with Crippen LogP contribution in [0.1, 0.15) is 11.1 Å². The topological polar surface area (TPSA) is 112 Å². The normalized spacial score (nSPS) is 12.0. The number of aromatic nitrogens is 3. The van der Waals surface area contributed by atoms with Gasteiger partial charge in [-0.15, -0.1) is 0 Å². The van der Waals surface area contributed by atoms with Crippen LogP contribution in [0.15, 0.2) is 64.7 Å². The van der Waals surface area contributed by atoms with Crippen LogP contribution in [-0.2, 0) is 22.8 Å². The molecule has 29 heavy (non-hydrogen) atoms. The fraction of sp³-hybridized carbons (Fsp3) is 0.250. The quantitative estimate of drug-likeness (QED) is 0.403. The van der Waals surface area contributed by atoms with Gasteiger partial charge in [0.15, 0.2) is 21.6 Å². The van der Waals surface area contributed by atoms with Crippen LogP contribution in [-0.4, -0.2) is 49.4 Å². The summed E-state index contributed by atoms with van der Waals surface area (Å²) in [5.74, 6) is 1.43. The molecule has 152 valence electrons. The molecule has 0 atom stereocenters. The minimum absolute atomic E-state index is 0.333. The first-order valence-electron chi connectivity index (χ1n) is 9.14. The van der Waals surface area contributed by atoms with E-state index in [4.69, 9.17) is 0 Å². The summed E-state index contributed by atoms with van der Waals surface area (Å²) in [4.78, 5) is 8.74. The van der Waals surface area contributed by atoms with Gasteiger partial charge >= 0.3 is 0 Å². The van der Waals surface area contributed by atoms with Gasteiger partial charge in [0, 0.05) is 32.0 Å². The second kappa shape index (κ2) is 9.33. The summed E-state index contributed by atoms with van der Waals surface area (Å²) in [6, 6.07) is 15.0. The third kappa shape index (κ3) is 5.89. The third-order valence-corrected chi connectivity index (χ3v) is 5.49. The second-order valence-electron chi connectivity index (χ2n) is 6.55. The van der Waals surface area contributed by atoms with E-state index in [2.05, 4.69) is 30.8 Å². The Balaban J connectivity index is 1.49. The SMILES string of the molecule is CN=C(NCCc1ccc(S(C)(=O)=O)cc1)NCc1cccc(-c2ncn[nH]2)c1. The average Bonchev–Trinajstić information content (AvgIpc) is 3.25. The Morgan fingerprint density at radius 2 is 1.90 bits per heavy atom. The van der Waals surface area contributed by atoms with Crippen LogP contribution >= 0.6 is 0 Å². The van der Waals surface area contributed by atoms with E-state index in [-0.39, 0.29) is 0 Å². The van der Waals surface area contributed by atoms with Crippen molar-refractivity contribution in [2.75, 3.05) is 19.8 Å². The van der Waals surface area contributed by atoms with E-state index in [0.29, 0.717) is 23.9 Å². The molecule has 0 saturated heterocycles. The minimum atomic E-state index is -3.16. The smallest absolute Gasteiger partial charge is 0.191 e. The highest BCUT2D eigenvalue weighted by atomic mass is 32.2. The van der Waals surface area contributed by atoms with E-state index >= 15 is 0 Å². The van der Waals surface area contributed by atoms with E-state index in [1.807, 2.05) is 36.4 Å². The summed E-state index contributed by atoms with van der Waals surface area (Å²) in [6.45, 7) is 1.29. The van der Waals surface area contributed by atoms with Gasteiger partial charge in [-0.25, -0.2) is 13.4 Å². The van der Waals surface area contributed by atoms with Gasteiger partial charge in [0.2, 0.25) is 0 Å². The number of nitrogens with one attached hydrogen (secondary N) is 3. The monoisotopic (exact) mass is 412 g/mol. The van der Waals surface area contributed by atoms with Crippen LogP contribution < -0.4 is 10.6 Å². The van der Waals surface area contributed by atoms with Crippen molar-refractivity contribution in [1.82, 2.24) is 25.8 Å². The van der Waals surface area contributed by atoms with Crippen molar-refractivity contribution in [3.63, 3.8) is 0 Å². The number of hydrogen-bond donors (Lipinski definition) is 3. The minimum Gasteiger partial charge on any atom is -0.356 e. The number of sulfone groups is 1. The lowest BCUT2D eigenvalue weighted by Crippen LogP contribution is -2.37. The predicted molar refractivity (Wildman–Crippen MR) is 113 cm³/mol. The molecule has 3 aromatic rings. The number of rotatable bonds is 7. The molecule has 0 unspecified atom stereocenters. The van der Waals surface area contributed by atoms with E-state index in [0.717, 1.165) is 28.9 Å². The van der Waals surface area contributed by atoms with Crippen molar-refractivity contribution in [3.05, 3.63) is 66.0 Å². The van der Waals surface area contributed by atoms with Crippen molar-refractivity contribution in [2.45, 2.75) is 17.9 Å². The average molecular weight is 413 g/mol. The highest BCUT2D eigenvalue weighted by molar-refractivity contribution is 7.90. The maximum atomic E-state index is 11.5. The molecule has 2 aromatic carbocycles. The molecule has 0 saturated carbocycles. The van der Waals surface area contributed by atoms with E-state index in [1.165, 1.54) is 12.6 Å². The molecule has 0 aliphatic heterocycles. The molecule has 0 aliphatic carbocycles. The Kier molecular flexibility index (Phi) is 6.61. The molecule has 0 bridgehead atoms. The largest absolute Gasteiger partial charge is 0.356 e. The van der Waals surface area contributed by atoms with Crippen LogP contribution in [0.5, 0.6) is 0 Å². The van der Waals surface area contributed by atoms with E-state index in [9.17, 15) is 8.42 Å². The maximum Gasteiger partial charge on any atom is 0.191 e. The summed E-state index contributed by atoms with van der Waals surface area (Å²) in [6.07, 6.45) is 3.45. The Labute approximate surface area is 170 Å². The van der Waals surface area contributed by atoms with Crippen LogP contribution in [0.2, 0.25) is 0 Å². The first kappa shape index (κ1) is 20.5. The standard InChI is InChI=1S/C20H24N6O2S/c1-21-20(22-11-10-15-6-8-18(9-7-15)29(2,27)28)23-13-16-4-3-5-17(12-16)19-24-14-25-26-19/h3-9,12,14H,10-11,13H2,1-2H3,(H2,21,22,23)(H,24,25,26). The summed E-state index contributed by atoms with van der Waals surface area (Å²) < 4.78 is 23.0. The first-order valence-corrected chi connectivity index (χ1v) is 11.0. The molecule has 0 amide bonds. The molecule has 0 spiro atoms. The lowest BCUT2D eigenvalue weighted by molar-refractivity contribution is 0.602. The summed E-state index contributed by atoms with van der Waals surface area (Å²) in [5, 5.41) is 13.3. The van der Waals surface area contributed by atoms with E-state index in [1.54, 1.807) is 19.2 Å². The lowest BCUT2D eigenvalue weighted by Gasteiger charge is -2.12. The van der Waals surface area contributed by atoms with Crippen molar-refractivity contribution < 1.29 is 8.42 Å². The van der Waals surface area contributed by atoms with Gasteiger partial charge in [-0.1, -0.05) is 30.3 Å². The number of aliphatic imine (C=N–C) groups is 1. The Morgan fingerprint density at radius 3 is 2.55 bits per heavy atom. The third-order valence-electron chi connectivity index (χ3n) is 4.36. The van der Waals surface area contributed by atoms with Crippen molar-refractivity contribution in [1.29, 1.82) is 0 Å². The second-order valence-corrected chi connectivity index (χ2v) is 8.57. The number of guanidine groups is 1. The number of H-pyrrole nitrogens is 1. The van der Waals surface area contributed by atoms with Crippen LogP contribution in [0.25, 0.3) is 11.4 Å². The zero-order valence-electron chi connectivity index (χ0n) is 16.4. The fourth-order valence-corrected chi connectivity index (χ4v) is 3.44. The molecule has 8 nitrogen and oxygen atoms in total. The maximum absolute atomic E-state index is 11.5. The molecule has 0 fully saturated rings. The zero-order chi connectivity index (χ0) is 20.7. The number of hydrogen-bond acceptors (Lipinski definition) is 5. The fourth-order valence-electron chi connectivity index (χ4n) is 2.81. The van der Waals surface area contributed by atoms with E-state index < -0.39 is 9.84 Å². The first-order chi connectivity index (χ1) is 14.0. The van der Waals surface area contributed by atoms with Crippen molar-refractivity contribution >= 4 is 15.8 Å². The molecular formula is C20H24N6O2S. The molecule has 3 rings (SSSR count). The van der Waals surface area contributed by atoms with Gasteiger partial charge in [-0.3, -0.25) is 10.1 Å². The molecule has 3 N–H and O–H groups in total. The van der Waals surface area contributed by atoms with Crippen molar-refractivity contribution in [3.8, 4) is 11.4 Å². The number of aromatic amines is 1. The molecule has 1 heterocycles. The molecule has 0 aliphatic rings. The Morgan fingerprint density at radius 1 is 1.10 bits per heavy atom. The van der Waals surface area contributed by atoms with Gasteiger partial charge in [-0.2, -0.15) is 5.10 Å². The van der Waals surface area contributed by atoms with Gasteiger partial charge in [-0.05, 0) is 35.7 Å². The van der Waals surface area contributed by atoms with Crippen LogP contribution in [0, 0.1) is 0 Å². The lowest BCUT2D eigenvalue weighted by atomic mass is 10.1. The van der Waals surface area contributed by atoms with Crippen LogP contribution in [0.3, 0.4) is 0 Å². The summed E-state index contributed by atoms with van der Waals surface area (Å²) in [5.41, 5.74) is 3.13. The predicted octanol–water partition coefficient (Wildman–Crippen LogP) is 1.78. The van der Waals surface area contributed by atoms with Crippen molar-refractivity contribution in [2.24, 2.45) is 4.99 Å². The van der Waals surface area contributed by atoms with Gasteiger partial charge in [0.1, 0.15) is 6.33 Å². The highest BCUT2D eigenvalue weighted by Gasteiger charge is 2.06. The Hall–Kier alpha value is -3.20. The Bertz CT molecular complexity index is 1060. The molecular weight excluding hydrogens is 388 g/mol.